The molecule has 1 atom stereocenters. The molecule has 4 nitrogen and oxygen atoms in total. The first-order valence-corrected chi connectivity index (χ1v) is 8.56. The highest BCUT2D eigenvalue weighted by Gasteiger charge is 2.12. The van der Waals surface area contributed by atoms with Gasteiger partial charge in [-0.1, -0.05) is 34.1 Å². The smallest absolute Gasteiger partial charge is 0.251 e. The molecule has 2 aromatic carbocycles. The maximum atomic E-state index is 12.1. The van der Waals surface area contributed by atoms with Crippen molar-refractivity contribution in [1.82, 2.24) is 10.6 Å². The predicted octanol–water partition coefficient (Wildman–Crippen LogP) is 3.67. The standard InChI is InChI=1S/C19H21BrN2O2/c1-12-4-5-16(10-13(12)2)19(24)21-11-18(23)22-14(3)15-6-8-17(20)9-7-15/h4-10,14H,11H2,1-3H3,(H,21,24)(H,22,23). The van der Waals surface area contributed by atoms with Gasteiger partial charge in [0.15, 0.2) is 0 Å². The van der Waals surface area contributed by atoms with Crippen LogP contribution in [0.2, 0.25) is 0 Å². The Morgan fingerprint density at radius 2 is 1.71 bits per heavy atom. The molecule has 0 saturated carbocycles. The number of hydrogen-bond donors (Lipinski definition) is 2. The Hall–Kier alpha value is -2.14. The van der Waals surface area contributed by atoms with Crippen LogP contribution >= 0.6 is 15.9 Å². The molecule has 0 aliphatic rings. The Kier molecular flexibility index (Phi) is 6.15. The largest absolute Gasteiger partial charge is 0.348 e. The zero-order valence-electron chi connectivity index (χ0n) is 14.0. The molecule has 0 heterocycles. The lowest BCUT2D eigenvalue weighted by Gasteiger charge is -2.15. The molecule has 0 aromatic heterocycles. The molecule has 2 amide bonds. The Bertz CT molecular complexity index is 742. The van der Waals surface area contributed by atoms with Gasteiger partial charge < -0.3 is 10.6 Å². The van der Waals surface area contributed by atoms with E-state index in [4.69, 9.17) is 0 Å². The second-order valence-corrected chi connectivity index (χ2v) is 6.74. The summed E-state index contributed by atoms with van der Waals surface area (Å²) in [4.78, 5) is 24.1. The summed E-state index contributed by atoms with van der Waals surface area (Å²) in [6, 6.07) is 13.1. The first kappa shape index (κ1) is 18.2. The zero-order chi connectivity index (χ0) is 17.7. The van der Waals surface area contributed by atoms with Crippen LogP contribution in [0.5, 0.6) is 0 Å². The number of nitrogens with one attached hydrogen (secondary N) is 2. The second-order valence-electron chi connectivity index (χ2n) is 5.82. The number of carbonyl (C=O) groups excluding carboxylic acids is 2. The van der Waals surface area contributed by atoms with E-state index in [2.05, 4.69) is 26.6 Å². The predicted molar refractivity (Wildman–Crippen MR) is 98.9 cm³/mol. The Balaban J connectivity index is 1.87. The van der Waals surface area contributed by atoms with E-state index in [0.717, 1.165) is 21.2 Å². The van der Waals surface area contributed by atoms with Crippen LogP contribution in [0.3, 0.4) is 0 Å². The average molecular weight is 389 g/mol. The van der Waals surface area contributed by atoms with Crippen LogP contribution < -0.4 is 10.6 Å². The quantitative estimate of drug-likeness (QED) is 0.820. The van der Waals surface area contributed by atoms with Gasteiger partial charge in [-0.3, -0.25) is 9.59 Å². The number of carbonyl (C=O) groups is 2. The first-order chi connectivity index (χ1) is 11.4. The van der Waals surface area contributed by atoms with E-state index < -0.39 is 0 Å². The maximum absolute atomic E-state index is 12.1. The normalized spacial score (nSPS) is 11.7. The Labute approximate surface area is 150 Å². The highest BCUT2D eigenvalue weighted by atomic mass is 79.9. The first-order valence-electron chi connectivity index (χ1n) is 7.77. The van der Waals surface area contributed by atoms with Crippen LogP contribution in [0, 0.1) is 13.8 Å². The minimum absolute atomic E-state index is 0.0490. The molecule has 2 N–H and O–H groups in total. The molecular formula is C19H21BrN2O2. The van der Waals surface area contributed by atoms with E-state index in [-0.39, 0.29) is 24.4 Å². The SMILES string of the molecule is Cc1ccc(C(=O)NCC(=O)NC(C)c2ccc(Br)cc2)cc1C. The number of rotatable bonds is 5. The van der Waals surface area contributed by atoms with Gasteiger partial charge in [-0.15, -0.1) is 0 Å². The monoisotopic (exact) mass is 388 g/mol. The molecule has 5 heteroatoms. The highest BCUT2D eigenvalue weighted by molar-refractivity contribution is 9.10. The molecule has 0 spiro atoms. The minimum atomic E-state index is -0.246. The summed E-state index contributed by atoms with van der Waals surface area (Å²) in [6.07, 6.45) is 0. The lowest BCUT2D eigenvalue weighted by molar-refractivity contribution is -0.120. The summed E-state index contributed by atoms with van der Waals surface area (Å²) in [6.45, 7) is 5.81. The van der Waals surface area contributed by atoms with Gasteiger partial charge in [-0.05, 0) is 61.7 Å². The number of benzene rings is 2. The summed E-state index contributed by atoms with van der Waals surface area (Å²) in [7, 11) is 0. The molecule has 0 aliphatic carbocycles. The van der Waals surface area contributed by atoms with Gasteiger partial charge in [0.05, 0.1) is 12.6 Å². The van der Waals surface area contributed by atoms with Gasteiger partial charge in [0.2, 0.25) is 5.91 Å². The van der Waals surface area contributed by atoms with Gasteiger partial charge in [-0.25, -0.2) is 0 Å². The maximum Gasteiger partial charge on any atom is 0.251 e. The van der Waals surface area contributed by atoms with E-state index in [0.29, 0.717) is 5.56 Å². The molecule has 0 radical (unpaired) electrons. The number of halogens is 1. The molecule has 24 heavy (non-hydrogen) atoms. The van der Waals surface area contributed by atoms with E-state index >= 15 is 0 Å². The van der Waals surface area contributed by atoms with Crippen LogP contribution in [0.25, 0.3) is 0 Å². The van der Waals surface area contributed by atoms with Crippen LogP contribution in [0.1, 0.15) is 40.0 Å². The third kappa shape index (κ3) is 4.93. The zero-order valence-corrected chi connectivity index (χ0v) is 15.6. The van der Waals surface area contributed by atoms with E-state index in [9.17, 15) is 9.59 Å². The van der Waals surface area contributed by atoms with Crippen molar-refractivity contribution in [3.05, 3.63) is 69.2 Å². The van der Waals surface area contributed by atoms with Crippen LogP contribution in [0.15, 0.2) is 46.9 Å². The van der Waals surface area contributed by atoms with Crippen molar-refractivity contribution in [1.29, 1.82) is 0 Å². The van der Waals surface area contributed by atoms with Gasteiger partial charge >= 0.3 is 0 Å². The van der Waals surface area contributed by atoms with Crippen molar-refractivity contribution in [3.63, 3.8) is 0 Å². The van der Waals surface area contributed by atoms with Crippen molar-refractivity contribution in [2.45, 2.75) is 26.8 Å². The summed E-state index contributed by atoms with van der Waals surface area (Å²) in [5.41, 5.74) is 3.75. The lowest BCUT2D eigenvalue weighted by Crippen LogP contribution is -2.38. The van der Waals surface area contributed by atoms with E-state index in [1.807, 2.05) is 57.2 Å². The molecular weight excluding hydrogens is 368 g/mol. The molecule has 0 fully saturated rings. The molecule has 2 rings (SSSR count). The lowest BCUT2D eigenvalue weighted by atomic mass is 10.1. The summed E-state index contributed by atoms with van der Waals surface area (Å²) < 4.78 is 0.991. The Morgan fingerprint density at radius 3 is 2.33 bits per heavy atom. The van der Waals surface area contributed by atoms with Crippen LogP contribution in [-0.2, 0) is 4.79 Å². The summed E-state index contributed by atoms with van der Waals surface area (Å²) in [5, 5.41) is 5.53. The molecule has 0 saturated heterocycles. The fourth-order valence-corrected chi connectivity index (χ4v) is 2.54. The number of hydrogen-bond acceptors (Lipinski definition) is 2. The van der Waals surface area contributed by atoms with Crippen molar-refractivity contribution in [2.24, 2.45) is 0 Å². The van der Waals surface area contributed by atoms with Crippen LogP contribution in [0.4, 0.5) is 0 Å². The molecule has 1 unspecified atom stereocenters. The van der Waals surface area contributed by atoms with Crippen LogP contribution in [-0.4, -0.2) is 18.4 Å². The third-order valence-electron chi connectivity index (χ3n) is 3.93. The number of aryl methyl sites for hydroxylation is 2. The van der Waals surface area contributed by atoms with Crippen molar-refractivity contribution in [3.8, 4) is 0 Å². The van der Waals surface area contributed by atoms with Gasteiger partial charge in [0.25, 0.3) is 5.91 Å². The van der Waals surface area contributed by atoms with Gasteiger partial charge in [0.1, 0.15) is 0 Å². The number of amides is 2. The van der Waals surface area contributed by atoms with Crippen molar-refractivity contribution < 1.29 is 9.59 Å². The molecule has 2 aromatic rings. The summed E-state index contributed by atoms with van der Waals surface area (Å²) in [5.74, 6) is -0.466. The fourth-order valence-electron chi connectivity index (χ4n) is 2.27. The highest BCUT2D eigenvalue weighted by Crippen LogP contribution is 2.16. The van der Waals surface area contributed by atoms with Gasteiger partial charge in [-0.2, -0.15) is 0 Å². The average Bonchev–Trinajstić information content (AvgIpc) is 2.55. The third-order valence-corrected chi connectivity index (χ3v) is 4.45. The van der Waals surface area contributed by atoms with Crippen molar-refractivity contribution >= 4 is 27.7 Å². The second kappa shape index (κ2) is 8.11. The van der Waals surface area contributed by atoms with Gasteiger partial charge in [0, 0.05) is 10.0 Å². The van der Waals surface area contributed by atoms with E-state index in [1.165, 1.54) is 0 Å². The Morgan fingerprint density at radius 1 is 1.04 bits per heavy atom. The van der Waals surface area contributed by atoms with E-state index in [1.54, 1.807) is 6.07 Å². The minimum Gasteiger partial charge on any atom is -0.348 e. The topological polar surface area (TPSA) is 58.2 Å². The fraction of sp³-hybridized carbons (Fsp3) is 0.263. The summed E-state index contributed by atoms with van der Waals surface area (Å²) >= 11 is 3.38. The molecule has 126 valence electrons. The molecule has 0 bridgehead atoms. The molecule has 0 aliphatic heterocycles. The van der Waals surface area contributed by atoms with Crippen molar-refractivity contribution in [2.75, 3.05) is 6.54 Å².